The fraction of sp³-hybridized carbons (Fsp3) is 0.231. The van der Waals surface area contributed by atoms with Gasteiger partial charge in [0.15, 0.2) is 0 Å². The molecule has 0 amide bonds. The summed E-state index contributed by atoms with van der Waals surface area (Å²) in [5.41, 5.74) is 0.554. The number of nitrogens with zero attached hydrogens (tertiary/aromatic N) is 1. The van der Waals surface area contributed by atoms with Crippen LogP contribution in [0.1, 0.15) is 19.4 Å². The van der Waals surface area contributed by atoms with Crippen molar-refractivity contribution in [1.82, 2.24) is 0 Å². The maximum Gasteiger partial charge on any atom is 0.349 e. The van der Waals surface area contributed by atoms with Crippen LogP contribution >= 0.6 is 11.6 Å². The van der Waals surface area contributed by atoms with Crippen molar-refractivity contribution in [2.24, 2.45) is 0 Å². The first-order valence-electron chi connectivity index (χ1n) is 5.12. The molecule has 0 saturated heterocycles. The van der Waals surface area contributed by atoms with E-state index in [2.05, 4.69) is 0 Å². The van der Waals surface area contributed by atoms with Crippen LogP contribution in [-0.4, -0.2) is 12.1 Å². The highest BCUT2D eigenvalue weighted by molar-refractivity contribution is 6.32. The van der Waals surface area contributed by atoms with Crippen molar-refractivity contribution in [3.8, 4) is 6.07 Å². The van der Waals surface area contributed by atoms with E-state index >= 15 is 0 Å². The summed E-state index contributed by atoms with van der Waals surface area (Å²) in [6, 6.07) is 8.78. The molecule has 0 aliphatic heterocycles. The molecule has 0 radical (unpaired) electrons. The van der Waals surface area contributed by atoms with Crippen LogP contribution < -0.4 is 0 Å². The van der Waals surface area contributed by atoms with E-state index in [0.29, 0.717) is 10.6 Å². The van der Waals surface area contributed by atoms with Gasteiger partial charge in [-0.15, -0.1) is 0 Å². The highest BCUT2D eigenvalue weighted by Gasteiger charge is 2.12. The fourth-order valence-electron chi connectivity index (χ4n) is 1.16. The Morgan fingerprint density at radius 2 is 2.12 bits per heavy atom. The molecular weight excluding hydrogens is 238 g/mol. The van der Waals surface area contributed by atoms with Crippen LogP contribution in [0, 0.1) is 11.3 Å². The van der Waals surface area contributed by atoms with Gasteiger partial charge in [0.25, 0.3) is 0 Å². The Hall–Kier alpha value is -1.79. The predicted molar refractivity (Wildman–Crippen MR) is 66.3 cm³/mol. The maximum atomic E-state index is 11.5. The van der Waals surface area contributed by atoms with Crippen LogP contribution in [0.15, 0.2) is 29.8 Å². The summed E-state index contributed by atoms with van der Waals surface area (Å²) < 4.78 is 4.94. The molecule has 17 heavy (non-hydrogen) atoms. The molecule has 4 heteroatoms. The van der Waals surface area contributed by atoms with E-state index in [-0.39, 0.29) is 11.7 Å². The summed E-state index contributed by atoms with van der Waals surface area (Å²) >= 11 is 5.93. The van der Waals surface area contributed by atoms with Crippen molar-refractivity contribution in [2.45, 2.75) is 20.0 Å². The lowest BCUT2D eigenvalue weighted by atomic mass is 10.1. The molecule has 0 aromatic heterocycles. The van der Waals surface area contributed by atoms with Crippen LogP contribution in [-0.2, 0) is 9.53 Å². The van der Waals surface area contributed by atoms with Crippen molar-refractivity contribution in [1.29, 1.82) is 5.26 Å². The Balaban J connectivity index is 3.00. The average Bonchev–Trinajstić information content (AvgIpc) is 2.27. The van der Waals surface area contributed by atoms with Gasteiger partial charge in [-0.05, 0) is 31.6 Å². The lowest BCUT2D eigenvalue weighted by Crippen LogP contribution is -2.12. The molecule has 0 N–H and O–H groups in total. The molecule has 3 nitrogen and oxygen atoms in total. The van der Waals surface area contributed by atoms with Crippen molar-refractivity contribution in [2.75, 3.05) is 0 Å². The minimum Gasteiger partial charge on any atom is -0.459 e. The molecule has 0 unspecified atom stereocenters. The largest absolute Gasteiger partial charge is 0.459 e. The fourth-order valence-corrected chi connectivity index (χ4v) is 1.35. The SMILES string of the molecule is CC(C)OC(=O)C(C#N)=Cc1ccccc1Cl. The van der Waals surface area contributed by atoms with Crippen molar-refractivity contribution in [3.05, 3.63) is 40.4 Å². The van der Waals surface area contributed by atoms with Crippen molar-refractivity contribution < 1.29 is 9.53 Å². The number of hydrogen-bond donors (Lipinski definition) is 0. The van der Waals surface area contributed by atoms with Gasteiger partial charge in [0.2, 0.25) is 0 Å². The maximum absolute atomic E-state index is 11.5. The first kappa shape index (κ1) is 13.3. The van der Waals surface area contributed by atoms with Crippen LogP contribution in [0.2, 0.25) is 5.02 Å². The van der Waals surface area contributed by atoms with E-state index in [0.717, 1.165) is 0 Å². The summed E-state index contributed by atoms with van der Waals surface area (Å²) in [7, 11) is 0. The van der Waals surface area contributed by atoms with Crippen LogP contribution in [0.25, 0.3) is 6.08 Å². The summed E-state index contributed by atoms with van der Waals surface area (Å²) in [5.74, 6) is -0.637. The number of rotatable bonds is 3. The zero-order chi connectivity index (χ0) is 12.8. The monoisotopic (exact) mass is 249 g/mol. The summed E-state index contributed by atoms with van der Waals surface area (Å²) in [5, 5.41) is 9.38. The van der Waals surface area contributed by atoms with Crippen molar-refractivity contribution in [3.63, 3.8) is 0 Å². The first-order chi connectivity index (χ1) is 8.04. The summed E-state index contributed by atoms with van der Waals surface area (Å²) in [6.45, 7) is 3.45. The van der Waals surface area contributed by atoms with Gasteiger partial charge in [0.1, 0.15) is 11.6 Å². The second-order valence-electron chi connectivity index (χ2n) is 3.65. The molecular formula is C13H12ClNO2. The second-order valence-corrected chi connectivity index (χ2v) is 4.05. The van der Waals surface area contributed by atoms with E-state index in [9.17, 15) is 4.79 Å². The number of ether oxygens (including phenoxy) is 1. The molecule has 88 valence electrons. The highest BCUT2D eigenvalue weighted by atomic mass is 35.5. The average molecular weight is 250 g/mol. The van der Waals surface area contributed by atoms with Crippen LogP contribution in [0.4, 0.5) is 0 Å². The summed E-state index contributed by atoms with van der Waals surface area (Å²) in [6.07, 6.45) is 1.16. The second kappa shape index (κ2) is 6.07. The number of carbonyl (C=O) groups is 1. The molecule has 0 fully saturated rings. The van der Waals surface area contributed by atoms with Crippen molar-refractivity contribution >= 4 is 23.6 Å². The van der Waals surface area contributed by atoms with Gasteiger partial charge in [-0.2, -0.15) is 5.26 Å². The Morgan fingerprint density at radius 1 is 1.47 bits per heavy atom. The minimum atomic E-state index is -0.637. The smallest absolute Gasteiger partial charge is 0.349 e. The predicted octanol–water partition coefficient (Wildman–Crippen LogP) is 3.20. The number of esters is 1. The van der Waals surface area contributed by atoms with E-state index in [1.54, 1.807) is 38.1 Å². The number of hydrogen-bond acceptors (Lipinski definition) is 3. The number of halogens is 1. The molecule has 0 aliphatic carbocycles. The van der Waals surface area contributed by atoms with Gasteiger partial charge >= 0.3 is 5.97 Å². The zero-order valence-electron chi connectivity index (χ0n) is 9.61. The standard InChI is InChI=1S/C13H12ClNO2/c1-9(2)17-13(16)11(8-15)7-10-5-3-4-6-12(10)14/h3-7,9H,1-2H3. The Morgan fingerprint density at radius 3 is 2.65 bits per heavy atom. The van der Waals surface area contributed by atoms with Gasteiger partial charge in [0.05, 0.1) is 6.10 Å². The van der Waals surface area contributed by atoms with E-state index in [1.165, 1.54) is 6.08 Å². The third kappa shape index (κ3) is 3.93. The van der Waals surface area contributed by atoms with Gasteiger partial charge in [0, 0.05) is 5.02 Å². The van der Waals surface area contributed by atoms with E-state index in [4.69, 9.17) is 21.6 Å². The third-order valence-electron chi connectivity index (χ3n) is 1.89. The van der Waals surface area contributed by atoms with Crippen LogP contribution in [0.5, 0.6) is 0 Å². The molecule has 0 saturated carbocycles. The number of carbonyl (C=O) groups excluding carboxylic acids is 1. The van der Waals surface area contributed by atoms with Crippen LogP contribution in [0.3, 0.4) is 0 Å². The summed E-state index contributed by atoms with van der Waals surface area (Å²) in [4.78, 5) is 11.5. The topological polar surface area (TPSA) is 50.1 Å². The lowest BCUT2D eigenvalue weighted by molar-refractivity contribution is -0.142. The van der Waals surface area contributed by atoms with E-state index in [1.807, 2.05) is 6.07 Å². The molecule has 1 rings (SSSR count). The molecule has 1 aromatic carbocycles. The lowest BCUT2D eigenvalue weighted by Gasteiger charge is -2.06. The molecule has 0 aliphatic rings. The van der Waals surface area contributed by atoms with E-state index < -0.39 is 5.97 Å². The minimum absolute atomic E-state index is 0.0631. The molecule has 0 atom stereocenters. The quantitative estimate of drug-likeness (QED) is 0.470. The van der Waals surface area contributed by atoms with Gasteiger partial charge < -0.3 is 4.74 Å². The molecule has 0 bridgehead atoms. The Labute approximate surface area is 105 Å². The normalized spacial score (nSPS) is 11.1. The zero-order valence-corrected chi connectivity index (χ0v) is 10.4. The molecule has 0 spiro atoms. The number of nitriles is 1. The van der Waals surface area contributed by atoms with Gasteiger partial charge in [-0.25, -0.2) is 4.79 Å². The third-order valence-corrected chi connectivity index (χ3v) is 2.23. The Kier molecular flexibility index (Phi) is 4.74. The molecule has 1 aromatic rings. The first-order valence-corrected chi connectivity index (χ1v) is 5.49. The molecule has 0 heterocycles. The number of benzene rings is 1. The Bertz CT molecular complexity index is 486. The van der Waals surface area contributed by atoms with Gasteiger partial charge in [-0.1, -0.05) is 29.8 Å². The van der Waals surface area contributed by atoms with Gasteiger partial charge in [-0.3, -0.25) is 0 Å². The highest BCUT2D eigenvalue weighted by Crippen LogP contribution is 2.18.